The SMILES string of the molecule is CC.CC.CC(=O)Oc1cc(C)cc(O)c1Cl. The Bertz CT molecular complexity index is 349. The quantitative estimate of drug-likeness (QED) is 0.604. The van der Waals surface area contributed by atoms with E-state index in [-0.39, 0.29) is 16.5 Å². The van der Waals surface area contributed by atoms with Crippen molar-refractivity contribution in [2.45, 2.75) is 41.5 Å². The number of aromatic hydroxyl groups is 1. The predicted molar refractivity (Wildman–Crippen MR) is 71.9 cm³/mol. The van der Waals surface area contributed by atoms with Crippen LogP contribution in [-0.4, -0.2) is 11.1 Å². The number of carbonyl (C=O) groups is 1. The van der Waals surface area contributed by atoms with Crippen LogP contribution in [0.15, 0.2) is 12.1 Å². The van der Waals surface area contributed by atoms with Crippen molar-refractivity contribution < 1.29 is 14.6 Å². The summed E-state index contributed by atoms with van der Waals surface area (Å²) in [5, 5.41) is 9.33. The molecule has 98 valence electrons. The number of hydrogen-bond donors (Lipinski definition) is 1. The Morgan fingerprint density at radius 1 is 1.24 bits per heavy atom. The number of aryl methyl sites for hydroxylation is 1. The van der Waals surface area contributed by atoms with Crippen LogP contribution in [-0.2, 0) is 4.79 Å². The van der Waals surface area contributed by atoms with Gasteiger partial charge >= 0.3 is 5.97 Å². The zero-order valence-corrected chi connectivity index (χ0v) is 12.1. The summed E-state index contributed by atoms with van der Waals surface area (Å²) < 4.78 is 4.78. The number of halogens is 1. The van der Waals surface area contributed by atoms with Gasteiger partial charge in [-0.05, 0) is 24.6 Å². The third kappa shape index (κ3) is 6.84. The van der Waals surface area contributed by atoms with Crippen molar-refractivity contribution >= 4 is 17.6 Å². The predicted octanol–water partition coefficient (Wildman–Crippen LogP) is 4.33. The van der Waals surface area contributed by atoms with E-state index in [1.165, 1.54) is 13.0 Å². The van der Waals surface area contributed by atoms with Gasteiger partial charge in [-0.25, -0.2) is 0 Å². The molecule has 0 bridgehead atoms. The fourth-order valence-electron chi connectivity index (χ4n) is 0.946. The van der Waals surface area contributed by atoms with Gasteiger partial charge in [0, 0.05) is 6.92 Å². The van der Waals surface area contributed by atoms with Crippen molar-refractivity contribution in [1.82, 2.24) is 0 Å². The zero-order valence-electron chi connectivity index (χ0n) is 11.3. The number of phenols is 1. The van der Waals surface area contributed by atoms with Gasteiger partial charge in [0.1, 0.15) is 10.8 Å². The topological polar surface area (TPSA) is 46.5 Å². The van der Waals surface area contributed by atoms with Gasteiger partial charge in [0.05, 0.1) is 0 Å². The molecule has 0 aliphatic rings. The van der Waals surface area contributed by atoms with Gasteiger partial charge in [0.2, 0.25) is 0 Å². The third-order valence-corrected chi connectivity index (χ3v) is 1.80. The number of benzene rings is 1. The molecule has 0 aliphatic heterocycles. The number of rotatable bonds is 1. The summed E-state index contributed by atoms with van der Waals surface area (Å²) in [6, 6.07) is 3.08. The van der Waals surface area contributed by atoms with E-state index >= 15 is 0 Å². The maximum Gasteiger partial charge on any atom is 0.308 e. The number of phenolic OH excluding ortho intramolecular Hbond substituents is 1. The van der Waals surface area contributed by atoms with Crippen molar-refractivity contribution in [3.8, 4) is 11.5 Å². The zero-order chi connectivity index (χ0) is 14.0. The van der Waals surface area contributed by atoms with Crippen LogP contribution in [0.2, 0.25) is 5.02 Å². The molecule has 3 nitrogen and oxygen atoms in total. The Morgan fingerprint density at radius 2 is 1.71 bits per heavy atom. The lowest BCUT2D eigenvalue weighted by molar-refractivity contribution is -0.131. The lowest BCUT2D eigenvalue weighted by atomic mass is 10.2. The normalized spacial score (nSPS) is 8.18. The van der Waals surface area contributed by atoms with Crippen molar-refractivity contribution in [2.24, 2.45) is 0 Å². The molecule has 1 aromatic rings. The number of ether oxygens (including phenoxy) is 1. The van der Waals surface area contributed by atoms with Crippen LogP contribution in [0, 0.1) is 6.92 Å². The second-order valence-electron chi connectivity index (χ2n) is 2.69. The van der Waals surface area contributed by atoms with Gasteiger partial charge in [0.25, 0.3) is 0 Å². The number of carbonyl (C=O) groups excluding carboxylic acids is 1. The molecule has 0 spiro atoms. The highest BCUT2D eigenvalue weighted by Crippen LogP contribution is 2.34. The van der Waals surface area contributed by atoms with Crippen LogP contribution in [0.25, 0.3) is 0 Å². The van der Waals surface area contributed by atoms with E-state index in [4.69, 9.17) is 16.3 Å². The molecule has 1 N–H and O–H groups in total. The molecule has 17 heavy (non-hydrogen) atoms. The van der Waals surface area contributed by atoms with Crippen LogP contribution in [0.4, 0.5) is 0 Å². The van der Waals surface area contributed by atoms with Gasteiger partial charge in [-0.2, -0.15) is 0 Å². The molecule has 0 aliphatic carbocycles. The van der Waals surface area contributed by atoms with Crippen molar-refractivity contribution in [2.75, 3.05) is 0 Å². The first-order chi connectivity index (χ1) is 8.00. The fraction of sp³-hybridized carbons (Fsp3) is 0.462. The summed E-state index contributed by atoms with van der Waals surface area (Å²) in [5.74, 6) is -0.364. The highest BCUT2D eigenvalue weighted by atomic mass is 35.5. The minimum Gasteiger partial charge on any atom is -0.506 e. The summed E-state index contributed by atoms with van der Waals surface area (Å²) in [4.78, 5) is 10.6. The minimum absolute atomic E-state index is 0.0563. The largest absolute Gasteiger partial charge is 0.506 e. The number of esters is 1. The summed E-state index contributed by atoms with van der Waals surface area (Å²) in [6.45, 7) is 11.0. The molecule has 0 amide bonds. The van der Waals surface area contributed by atoms with E-state index in [1.54, 1.807) is 13.0 Å². The third-order valence-electron chi connectivity index (χ3n) is 1.42. The molecule has 4 heteroatoms. The van der Waals surface area contributed by atoms with Gasteiger partial charge in [-0.3, -0.25) is 4.79 Å². The summed E-state index contributed by atoms with van der Waals surface area (Å²) in [7, 11) is 0. The lowest BCUT2D eigenvalue weighted by Gasteiger charge is -2.06. The van der Waals surface area contributed by atoms with Gasteiger partial charge in [-0.1, -0.05) is 39.3 Å². The first-order valence-corrected chi connectivity index (χ1v) is 6.06. The summed E-state index contributed by atoms with van der Waals surface area (Å²) in [5.41, 5.74) is 0.776. The Hall–Kier alpha value is -1.22. The average Bonchev–Trinajstić information content (AvgIpc) is 2.30. The molecule has 0 atom stereocenters. The first-order valence-electron chi connectivity index (χ1n) is 5.68. The van der Waals surface area contributed by atoms with Crippen molar-refractivity contribution in [1.29, 1.82) is 0 Å². The Kier molecular flexibility index (Phi) is 10.6. The van der Waals surface area contributed by atoms with Crippen LogP contribution >= 0.6 is 11.6 Å². The molecule has 0 saturated carbocycles. The molecule has 0 fully saturated rings. The molecular weight excluding hydrogens is 240 g/mol. The molecule has 0 heterocycles. The Morgan fingerprint density at radius 3 is 2.12 bits per heavy atom. The second kappa shape index (κ2) is 9.97. The number of hydrogen-bond acceptors (Lipinski definition) is 3. The van der Waals surface area contributed by atoms with E-state index in [0.29, 0.717) is 0 Å². The Balaban J connectivity index is 0. The van der Waals surface area contributed by atoms with Crippen LogP contribution < -0.4 is 4.74 Å². The van der Waals surface area contributed by atoms with E-state index in [9.17, 15) is 9.90 Å². The highest BCUT2D eigenvalue weighted by molar-refractivity contribution is 6.33. The van der Waals surface area contributed by atoms with E-state index in [0.717, 1.165) is 5.56 Å². The van der Waals surface area contributed by atoms with Crippen molar-refractivity contribution in [3.63, 3.8) is 0 Å². The van der Waals surface area contributed by atoms with Gasteiger partial charge < -0.3 is 9.84 Å². The molecule has 0 aromatic heterocycles. The molecule has 0 unspecified atom stereocenters. The van der Waals surface area contributed by atoms with Crippen LogP contribution in [0.5, 0.6) is 11.5 Å². The standard InChI is InChI=1S/C9H9ClO3.2C2H6/c1-5-3-7(12)9(10)8(4-5)13-6(2)11;2*1-2/h3-4,12H,1-2H3;2*1-2H3. The van der Waals surface area contributed by atoms with E-state index in [2.05, 4.69) is 0 Å². The molecule has 0 saturated heterocycles. The minimum atomic E-state index is -0.466. The monoisotopic (exact) mass is 260 g/mol. The smallest absolute Gasteiger partial charge is 0.308 e. The second-order valence-corrected chi connectivity index (χ2v) is 3.07. The van der Waals surface area contributed by atoms with Crippen molar-refractivity contribution in [3.05, 3.63) is 22.7 Å². The average molecular weight is 261 g/mol. The molecular formula is C13H21ClO3. The summed E-state index contributed by atoms with van der Waals surface area (Å²) in [6.07, 6.45) is 0. The summed E-state index contributed by atoms with van der Waals surface area (Å²) >= 11 is 5.68. The fourth-order valence-corrected chi connectivity index (χ4v) is 1.09. The molecule has 1 rings (SSSR count). The highest BCUT2D eigenvalue weighted by Gasteiger charge is 2.09. The van der Waals surface area contributed by atoms with E-state index in [1.807, 2.05) is 27.7 Å². The van der Waals surface area contributed by atoms with Gasteiger partial charge in [-0.15, -0.1) is 0 Å². The maximum atomic E-state index is 10.6. The van der Waals surface area contributed by atoms with Crippen LogP contribution in [0.3, 0.4) is 0 Å². The molecule has 0 radical (unpaired) electrons. The first kappa shape index (κ1) is 18.2. The lowest BCUT2D eigenvalue weighted by Crippen LogP contribution is -2.02. The van der Waals surface area contributed by atoms with E-state index < -0.39 is 5.97 Å². The molecule has 1 aromatic carbocycles. The Labute approximate surface area is 108 Å². The van der Waals surface area contributed by atoms with Crippen LogP contribution in [0.1, 0.15) is 40.2 Å². The maximum absolute atomic E-state index is 10.6. The van der Waals surface area contributed by atoms with Gasteiger partial charge in [0.15, 0.2) is 5.75 Å².